The fourth-order valence-electron chi connectivity index (χ4n) is 4.85. The molecule has 1 atom stereocenters. The standard InChI is InChI=1S/C26H32FN3O4/c27-22-11-5-4-8-19(22)17-34-26-21(25(33)28-20-9-2-1-3-10-20)12-13-23(29-26)30-14-6-7-18(16-30)15-24(31)32/h4-5,8,11-13,18,20H,1-3,6-7,9-10,14-17H2,(H,28,33)(H,31,32)/t18-/m0/s1. The van der Waals surface area contributed by atoms with E-state index in [1.807, 2.05) is 4.90 Å². The first-order chi connectivity index (χ1) is 16.5. The molecule has 1 aromatic carbocycles. The number of benzene rings is 1. The lowest BCUT2D eigenvalue weighted by Gasteiger charge is -2.33. The van der Waals surface area contributed by atoms with Crippen LogP contribution < -0.4 is 15.0 Å². The van der Waals surface area contributed by atoms with Crippen LogP contribution in [0.15, 0.2) is 36.4 Å². The van der Waals surface area contributed by atoms with Gasteiger partial charge >= 0.3 is 5.97 Å². The predicted molar refractivity (Wildman–Crippen MR) is 126 cm³/mol. The molecule has 2 N–H and O–H groups in total. The molecule has 1 saturated heterocycles. The molecule has 1 amide bonds. The Kier molecular flexibility index (Phi) is 7.98. The van der Waals surface area contributed by atoms with Crippen LogP contribution in [0.25, 0.3) is 0 Å². The second kappa shape index (κ2) is 11.3. The molecule has 1 aliphatic heterocycles. The quantitative estimate of drug-likeness (QED) is 0.589. The van der Waals surface area contributed by atoms with Crippen molar-refractivity contribution >= 4 is 17.7 Å². The van der Waals surface area contributed by atoms with Gasteiger partial charge in [-0.15, -0.1) is 0 Å². The van der Waals surface area contributed by atoms with Crippen molar-refractivity contribution in [2.75, 3.05) is 18.0 Å². The van der Waals surface area contributed by atoms with Crippen LogP contribution in [0.1, 0.15) is 67.3 Å². The zero-order valence-electron chi connectivity index (χ0n) is 19.3. The number of ether oxygens (including phenoxy) is 1. The summed E-state index contributed by atoms with van der Waals surface area (Å²) in [5.41, 5.74) is 0.706. The number of aliphatic carboxylic acids is 1. The van der Waals surface area contributed by atoms with Crippen molar-refractivity contribution in [2.24, 2.45) is 5.92 Å². The zero-order valence-corrected chi connectivity index (χ0v) is 19.3. The van der Waals surface area contributed by atoms with Crippen LogP contribution in [0.4, 0.5) is 10.2 Å². The van der Waals surface area contributed by atoms with Gasteiger partial charge in [-0.25, -0.2) is 4.39 Å². The number of hydrogen-bond donors (Lipinski definition) is 2. The van der Waals surface area contributed by atoms with Crippen molar-refractivity contribution < 1.29 is 23.8 Å². The highest BCUT2D eigenvalue weighted by Crippen LogP contribution is 2.28. The van der Waals surface area contributed by atoms with E-state index in [-0.39, 0.29) is 42.6 Å². The molecule has 182 valence electrons. The number of nitrogens with zero attached hydrogens (tertiary/aromatic N) is 2. The summed E-state index contributed by atoms with van der Waals surface area (Å²) in [5.74, 6) is -0.577. The van der Waals surface area contributed by atoms with E-state index in [1.165, 1.54) is 12.5 Å². The molecule has 0 unspecified atom stereocenters. The third-order valence-corrected chi connectivity index (χ3v) is 6.66. The van der Waals surface area contributed by atoms with Crippen molar-refractivity contribution in [3.05, 3.63) is 53.3 Å². The summed E-state index contributed by atoms with van der Waals surface area (Å²) in [6.07, 6.45) is 7.17. The van der Waals surface area contributed by atoms with Gasteiger partial charge in [-0.1, -0.05) is 37.5 Å². The lowest BCUT2D eigenvalue weighted by Crippen LogP contribution is -2.37. The number of carboxylic acids is 1. The van der Waals surface area contributed by atoms with Crippen LogP contribution in [0, 0.1) is 11.7 Å². The Balaban J connectivity index is 1.55. The van der Waals surface area contributed by atoms with E-state index < -0.39 is 5.97 Å². The van der Waals surface area contributed by atoms with E-state index in [9.17, 15) is 19.1 Å². The van der Waals surface area contributed by atoms with E-state index in [2.05, 4.69) is 10.3 Å². The van der Waals surface area contributed by atoms with Crippen molar-refractivity contribution in [2.45, 2.75) is 64.0 Å². The number of nitrogens with one attached hydrogen (secondary N) is 1. The normalized spacial score (nSPS) is 19.0. The van der Waals surface area contributed by atoms with Gasteiger partial charge in [0.05, 0.1) is 0 Å². The third-order valence-electron chi connectivity index (χ3n) is 6.66. The first-order valence-corrected chi connectivity index (χ1v) is 12.1. The Morgan fingerprint density at radius 2 is 1.88 bits per heavy atom. The van der Waals surface area contributed by atoms with Gasteiger partial charge in [0.1, 0.15) is 23.8 Å². The Morgan fingerprint density at radius 3 is 2.65 bits per heavy atom. The van der Waals surface area contributed by atoms with Crippen LogP contribution in [0.5, 0.6) is 5.88 Å². The lowest BCUT2D eigenvalue weighted by molar-refractivity contribution is -0.138. The minimum atomic E-state index is -0.802. The van der Waals surface area contributed by atoms with Gasteiger partial charge in [0.25, 0.3) is 5.91 Å². The molecule has 1 saturated carbocycles. The molecule has 1 aliphatic carbocycles. The number of pyridine rings is 1. The fourth-order valence-corrected chi connectivity index (χ4v) is 4.85. The molecule has 0 bridgehead atoms. The highest BCUT2D eigenvalue weighted by Gasteiger charge is 2.25. The number of anilines is 1. The average molecular weight is 470 g/mol. The van der Waals surface area contributed by atoms with Crippen LogP contribution in [0.3, 0.4) is 0 Å². The topological polar surface area (TPSA) is 91.8 Å². The number of rotatable bonds is 8. The molecule has 0 radical (unpaired) electrons. The van der Waals surface area contributed by atoms with E-state index >= 15 is 0 Å². The highest BCUT2D eigenvalue weighted by molar-refractivity contribution is 5.96. The smallest absolute Gasteiger partial charge is 0.303 e. The van der Waals surface area contributed by atoms with Gasteiger partial charge in [-0.2, -0.15) is 4.98 Å². The number of aromatic nitrogens is 1. The summed E-state index contributed by atoms with van der Waals surface area (Å²) in [7, 11) is 0. The van der Waals surface area contributed by atoms with E-state index in [4.69, 9.17) is 4.74 Å². The molecule has 2 fully saturated rings. The Morgan fingerprint density at radius 1 is 1.09 bits per heavy atom. The number of halogens is 1. The molecule has 1 aromatic heterocycles. The molecule has 0 spiro atoms. The predicted octanol–water partition coefficient (Wildman–Crippen LogP) is 4.55. The van der Waals surface area contributed by atoms with E-state index in [0.29, 0.717) is 23.5 Å². The second-order valence-electron chi connectivity index (χ2n) is 9.26. The number of carbonyl (C=O) groups is 2. The Labute approximate surface area is 199 Å². The molecular weight excluding hydrogens is 437 g/mol. The van der Waals surface area contributed by atoms with Crippen molar-refractivity contribution in [1.82, 2.24) is 10.3 Å². The van der Waals surface area contributed by atoms with Gasteiger partial charge in [0.15, 0.2) is 0 Å². The van der Waals surface area contributed by atoms with E-state index in [0.717, 1.165) is 45.1 Å². The van der Waals surface area contributed by atoms with Crippen molar-refractivity contribution in [1.29, 1.82) is 0 Å². The minimum Gasteiger partial charge on any atom is -0.481 e. The fraction of sp³-hybridized carbons (Fsp3) is 0.500. The summed E-state index contributed by atoms with van der Waals surface area (Å²) in [5, 5.41) is 12.3. The van der Waals surface area contributed by atoms with Gasteiger partial charge in [-0.3, -0.25) is 9.59 Å². The number of piperidine rings is 1. The molecule has 2 aromatic rings. The monoisotopic (exact) mass is 469 g/mol. The molecule has 8 heteroatoms. The second-order valence-corrected chi connectivity index (χ2v) is 9.26. The van der Waals surface area contributed by atoms with E-state index in [1.54, 1.807) is 30.3 Å². The van der Waals surface area contributed by atoms with Crippen LogP contribution in [-0.4, -0.2) is 41.1 Å². The number of carbonyl (C=O) groups excluding carboxylic acids is 1. The SMILES string of the molecule is O=C(O)C[C@@H]1CCCN(c2ccc(C(=O)NC3CCCCC3)c(OCc3ccccc3F)n2)C1. The summed E-state index contributed by atoms with van der Waals surface area (Å²) >= 11 is 0. The first-order valence-electron chi connectivity index (χ1n) is 12.1. The molecule has 34 heavy (non-hydrogen) atoms. The summed E-state index contributed by atoms with van der Waals surface area (Å²) in [6, 6.07) is 9.99. The van der Waals surface area contributed by atoms with Crippen LogP contribution in [0.2, 0.25) is 0 Å². The first kappa shape index (κ1) is 24.0. The Hall–Kier alpha value is -3.16. The zero-order chi connectivity index (χ0) is 23.9. The molecular formula is C26H32FN3O4. The summed E-state index contributed by atoms with van der Waals surface area (Å²) in [4.78, 5) is 30.9. The molecule has 4 rings (SSSR count). The van der Waals surface area contributed by atoms with Gasteiger partial charge in [-0.05, 0) is 49.8 Å². The number of amides is 1. The third kappa shape index (κ3) is 6.24. The molecule has 7 nitrogen and oxygen atoms in total. The van der Waals surface area contributed by atoms with Gasteiger partial charge in [0, 0.05) is 31.1 Å². The summed E-state index contributed by atoms with van der Waals surface area (Å²) < 4.78 is 20.0. The van der Waals surface area contributed by atoms with Crippen LogP contribution >= 0.6 is 0 Å². The maximum absolute atomic E-state index is 14.1. The number of hydrogen-bond acceptors (Lipinski definition) is 5. The lowest BCUT2D eigenvalue weighted by atomic mass is 9.95. The largest absolute Gasteiger partial charge is 0.481 e. The molecule has 2 heterocycles. The Bertz CT molecular complexity index is 1010. The van der Waals surface area contributed by atoms with Gasteiger partial charge < -0.3 is 20.1 Å². The summed E-state index contributed by atoms with van der Waals surface area (Å²) in [6.45, 7) is 1.29. The maximum Gasteiger partial charge on any atom is 0.303 e. The van der Waals surface area contributed by atoms with Crippen molar-refractivity contribution in [3.63, 3.8) is 0 Å². The van der Waals surface area contributed by atoms with Crippen molar-refractivity contribution in [3.8, 4) is 5.88 Å². The maximum atomic E-state index is 14.1. The molecule has 2 aliphatic rings. The average Bonchev–Trinajstić information content (AvgIpc) is 2.84. The minimum absolute atomic E-state index is 0.0464. The van der Waals surface area contributed by atoms with Gasteiger partial charge in [0.2, 0.25) is 5.88 Å². The number of carboxylic acid groups (broad SMARTS) is 1. The highest BCUT2D eigenvalue weighted by atomic mass is 19.1. The van der Waals surface area contributed by atoms with Crippen LogP contribution in [-0.2, 0) is 11.4 Å².